The van der Waals surface area contributed by atoms with Crippen molar-refractivity contribution in [2.45, 2.75) is 6.18 Å². The molecule has 0 atom stereocenters. The molecule has 1 rings (SSSR count). The van der Waals surface area contributed by atoms with Crippen molar-refractivity contribution in [3.8, 4) is 0 Å². The molecule has 66 valence electrons. The van der Waals surface area contributed by atoms with Crippen molar-refractivity contribution in [1.82, 2.24) is 0 Å². The molecule has 0 fully saturated rings. The Morgan fingerprint density at radius 1 is 1.25 bits per heavy atom. The summed E-state index contributed by atoms with van der Waals surface area (Å²) in [5, 5.41) is 0.312. The van der Waals surface area contributed by atoms with Crippen molar-refractivity contribution in [3.63, 3.8) is 0 Å². The van der Waals surface area contributed by atoms with Crippen molar-refractivity contribution in [1.29, 1.82) is 0 Å². The number of hydrogen-bond acceptors (Lipinski definition) is 0. The molecule has 0 bridgehead atoms. The number of benzene rings is 1. The van der Waals surface area contributed by atoms with Crippen LogP contribution in [0.25, 0.3) is 0 Å². The zero-order chi connectivity index (χ0) is 9.35. The molecule has 0 saturated carbocycles. The minimum absolute atomic E-state index is 0.118. The maximum atomic E-state index is 12.1. The highest BCUT2D eigenvalue weighted by Gasteiger charge is 2.32. The maximum absolute atomic E-state index is 12.1. The Morgan fingerprint density at radius 3 is 2.25 bits per heavy atom. The predicted octanol–water partition coefficient (Wildman–Crippen LogP) is 3.96. The predicted molar refractivity (Wildman–Crippen MR) is 49.2 cm³/mol. The van der Waals surface area contributed by atoms with Gasteiger partial charge in [0.05, 0.1) is 5.56 Å². The summed E-state index contributed by atoms with van der Waals surface area (Å²) in [5.74, 6) is 0. The molecule has 1 aromatic rings. The van der Waals surface area contributed by atoms with Gasteiger partial charge in [-0.2, -0.15) is 13.2 Å². The first-order valence-electron chi connectivity index (χ1n) is 2.93. The van der Waals surface area contributed by atoms with Gasteiger partial charge in [-0.15, -0.1) is 0 Å². The van der Waals surface area contributed by atoms with E-state index in [-0.39, 0.29) is 3.57 Å². The lowest BCUT2D eigenvalue weighted by Gasteiger charge is -2.08. The molecule has 12 heavy (non-hydrogen) atoms. The van der Waals surface area contributed by atoms with Gasteiger partial charge in [-0.05, 0) is 40.8 Å². The van der Waals surface area contributed by atoms with Crippen LogP contribution in [0.4, 0.5) is 13.2 Å². The first-order valence-corrected chi connectivity index (χ1v) is 4.39. The third kappa shape index (κ3) is 2.26. The van der Waals surface area contributed by atoms with E-state index in [4.69, 9.17) is 11.6 Å². The SMILES string of the molecule is FC(F)(F)c1ccc(Cl)cc1I. The van der Waals surface area contributed by atoms with Gasteiger partial charge in [0.2, 0.25) is 0 Å². The van der Waals surface area contributed by atoms with Crippen LogP contribution in [0, 0.1) is 3.57 Å². The summed E-state index contributed by atoms with van der Waals surface area (Å²) in [6, 6.07) is 3.49. The van der Waals surface area contributed by atoms with Crippen molar-refractivity contribution in [2.75, 3.05) is 0 Å². The smallest absolute Gasteiger partial charge is 0.166 e. The molecule has 0 saturated heterocycles. The lowest BCUT2D eigenvalue weighted by Crippen LogP contribution is -2.06. The van der Waals surface area contributed by atoms with Crippen LogP contribution in [0.2, 0.25) is 5.02 Å². The summed E-state index contributed by atoms with van der Waals surface area (Å²) >= 11 is 7.10. The molecular weight excluding hydrogens is 303 g/mol. The second-order valence-electron chi connectivity index (χ2n) is 2.12. The van der Waals surface area contributed by atoms with Crippen LogP contribution in [0.5, 0.6) is 0 Å². The average molecular weight is 306 g/mol. The Bertz CT molecular complexity index is 295. The molecule has 0 radical (unpaired) electrons. The zero-order valence-electron chi connectivity index (χ0n) is 5.62. The first kappa shape index (κ1) is 10.1. The molecule has 0 spiro atoms. The molecule has 0 aliphatic rings. The highest BCUT2D eigenvalue weighted by atomic mass is 127. The summed E-state index contributed by atoms with van der Waals surface area (Å²) in [6.07, 6.45) is -4.29. The molecule has 5 heteroatoms. The normalized spacial score (nSPS) is 11.8. The van der Waals surface area contributed by atoms with Crippen LogP contribution in [0.1, 0.15) is 5.56 Å². The summed E-state index contributed by atoms with van der Waals surface area (Å²) < 4.78 is 36.5. The molecule has 0 aromatic heterocycles. The van der Waals surface area contributed by atoms with E-state index in [2.05, 4.69) is 0 Å². The number of rotatable bonds is 0. The van der Waals surface area contributed by atoms with E-state index in [1.807, 2.05) is 0 Å². The average Bonchev–Trinajstić information content (AvgIpc) is 1.83. The van der Waals surface area contributed by atoms with Crippen LogP contribution in [0.3, 0.4) is 0 Å². The summed E-state index contributed by atoms with van der Waals surface area (Å²) in [6.45, 7) is 0. The lowest BCUT2D eigenvalue weighted by atomic mass is 10.2. The van der Waals surface area contributed by atoms with E-state index in [0.717, 1.165) is 6.07 Å². The Morgan fingerprint density at radius 2 is 1.83 bits per heavy atom. The fraction of sp³-hybridized carbons (Fsp3) is 0.143. The minimum Gasteiger partial charge on any atom is -0.166 e. The summed E-state index contributed by atoms with van der Waals surface area (Å²) in [4.78, 5) is 0. The van der Waals surface area contributed by atoms with E-state index in [1.54, 1.807) is 22.6 Å². The fourth-order valence-electron chi connectivity index (χ4n) is 0.719. The van der Waals surface area contributed by atoms with Crippen LogP contribution in [0.15, 0.2) is 18.2 Å². The van der Waals surface area contributed by atoms with Gasteiger partial charge < -0.3 is 0 Å². The summed E-state index contributed by atoms with van der Waals surface area (Å²) in [5.41, 5.74) is -0.646. The Kier molecular flexibility index (Phi) is 2.88. The third-order valence-corrected chi connectivity index (χ3v) is 2.36. The van der Waals surface area contributed by atoms with Crippen LogP contribution >= 0.6 is 34.2 Å². The van der Waals surface area contributed by atoms with E-state index in [0.29, 0.717) is 5.02 Å². The Labute approximate surface area is 85.9 Å². The Hall–Kier alpha value is 0.0300. The van der Waals surface area contributed by atoms with Gasteiger partial charge in [0.25, 0.3) is 0 Å². The highest BCUT2D eigenvalue weighted by Crippen LogP contribution is 2.33. The van der Waals surface area contributed by atoms with Gasteiger partial charge in [-0.25, -0.2) is 0 Å². The lowest BCUT2D eigenvalue weighted by molar-refractivity contribution is -0.138. The number of halogens is 5. The van der Waals surface area contributed by atoms with Gasteiger partial charge in [0.15, 0.2) is 0 Å². The largest absolute Gasteiger partial charge is 0.417 e. The number of hydrogen-bond donors (Lipinski definition) is 0. The van der Waals surface area contributed by atoms with Crippen molar-refractivity contribution in [2.24, 2.45) is 0 Å². The Balaban J connectivity index is 3.19. The van der Waals surface area contributed by atoms with Crippen molar-refractivity contribution in [3.05, 3.63) is 32.4 Å². The molecule has 0 aliphatic heterocycles. The third-order valence-electron chi connectivity index (χ3n) is 1.24. The second kappa shape index (κ2) is 3.41. The molecule has 0 heterocycles. The minimum atomic E-state index is -4.29. The van der Waals surface area contributed by atoms with Gasteiger partial charge >= 0.3 is 6.18 Å². The molecule has 1 aromatic carbocycles. The molecule has 0 amide bonds. The molecule has 0 unspecified atom stereocenters. The first-order chi connectivity index (χ1) is 5.41. The molecular formula is C7H3ClF3I. The van der Waals surface area contributed by atoms with Gasteiger partial charge in [0, 0.05) is 8.59 Å². The van der Waals surface area contributed by atoms with Gasteiger partial charge in [-0.1, -0.05) is 11.6 Å². The summed E-state index contributed by atoms with van der Waals surface area (Å²) in [7, 11) is 0. The zero-order valence-corrected chi connectivity index (χ0v) is 8.54. The standard InChI is InChI=1S/C7H3ClF3I/c8-4-1-2-5(6(12)3-4)7(9,10)11/h1-3H. The quantitative estimate of drug-likeness (QED) is 0.636. The van der Waals surface area contributed by atoms with E-state index in [1.165, 1.54) is 12.1 Å². The maximum Gasteiger partial charge on any atom is 0.417 e. The molecule has 0 aliphatic carbocycles. The van der Waals surface area contributed by atoms with Gasteiger partial charge in [-0.3, -0.25) is 0 Å². The van der Waals surface area contributed by atoms with E-state index >= 15 is 0 Å². The van der Waals surface area contributed by atoms with E-state index in [9.17, 15) is 13.2 Å². The molecule has 0 nitrogen and oxygen atoms in total. The van der Waals surface area contributed by atoms with Gasteiger partial charge in [0.1, 0.15) is 0 Å². The monoisotopic (exact) mass is 306 g/mol. The van der Waals surface area contributed by atoms with E-state index < -0.39 is 11.7 Å². The second-order valence-corrected chi connectivity index (χ2v) is 3.72. The van der Waals surface area contributed by atoms with Crippen molar-refractivity contribution >= 4 is 34.2 Å². The van der Waals surface area contributed by atoms with Crippen LogP contribution in [-0.2, 0) is 6.18 Å². The van der Waals surface area contributed by atoms with Crippen molar-refractivity contribution < 1.29 is 13.2 Å². The highest BCUT2D eigenvalue weighted by molar-refractivity contribution is 14.1. The topological polar surface area (TPSA) is 0 Å². The fourth-order valence-corrected chi connectivity index (χ4v) is 1.90. The number of alkyl halides is 3. The van der Waals surface area contributed by atoms with Crippen LogP contribution < -0.4 is 0 Å². The molecule has 0 N–H and O–H groups in total. The van der Waals surface area contributed by atoms with Crippen LogP contribution in [-0.4, -0.2) is 0 Å².